The summed E-state index contributed by atoms with van der Waals surface area (Å²) in [6.45, 7) is 2.84. The normalized spacial score (nSPS) is 20.0. The predicted molar refractivity (Wildman–Crippen MR) is 139 cm³/mol. The first kappa shape index (κ1) is 23.7. The second-order valence-corrected chi connectivity index (χ2v) is 9.76. The second-order valence-electron chi connectivity index (χ2n) is 9.76. The summed E-state index contributed by atoms with van der Waals surface area (Å²) in [6, 6.07) is 22.6. The van der Waals surface area contributed by atoms with Crippen molar-refractivity contribution in [2.45, 2.75) is 44.2 Å². The largest absolute Gasteiger partial charge is 0.497 e. The van der Waals surface area contributed by atoms with Crippen molar-refractivity contribution in [3.63, 3.8) is 0 Å². The monoisotopic (exact) mass is 474 g/mol. The van der Waals surface area contributed by atoms with Crippen molar-refractivity contribution < 1.29 is 13.9 Å². The van der Waals surface area contributed by atoms with Gasteiger partial charge in [-0.25, -0.2) is 4.39 Å². The number of ether oxygens (including phenoxy) is 2. The Morgan fingerprint density at radius 3 is 2.43 bits per heavy atom. The standard InChI is InChI=1S/C30H35FN2O2/c1-32-17-3-4-25(32)16-19-35-27-11-5-22(6-12-27)20-30-29-14-13-28(34-2)21-23(29)15-18-33(30)26-9-7-24(31)8-10-26/h5-14,21,25,30H,3-4,15-20H2,1-2H3. The molecule has 35 heavy (non-hydrogen) atoms. The number of likely N-dealkylation sites (tertiary alicyclic amines) is 1. The number of anilines is 1. The Morgan fingerprint density at radius 2 is 1.71 bits per heavy atom. The van der Waals surface area contributed by atoms with Gasteiger partial charge in [0.1, 0.15) is 17.3 Å². The van der Waals surface area contributed by atoms with Gasteiger partial charge in [0.15, 0.2) is 0 Å². The zero-order valence-corrected chi connectivity index (χ0v) is 20.8. The molecule has 0 radical (unpaired) electrons. The molecule has 5 heteroatoms. The molecule has 1 saturated heterocycles. The summed E-state index contributed by atoms with van der Waals surface area (Å²) < 4.78 is 25.1. The topological polar surface area (TPSA) is 24.9 Å². The zero-order chi connectivity index (χ0) is 24.2. The molecule has 0 saturated carbocycles. The van der Waals surface area contributed by atoms with E-state index in [2.05, 4.69) is 53.2 Å². The van der Waals surface area contributed by atoms with Crippen molar-refractivity contribution in [2.24, 2.45) is 0 Å². The van der Waals surface area contributed by atoms with Crippen molar-refractivity contribution in [3.8, 4) is 11.5 Å². The van der Waals surface area contributed by atoms with E-state index in [1.807, 2.05) is 18.2 Å². The highest BCUT2D eigenvalue weighted by Gasteiger charge is 2.28. The van der Waals surface area contributed by atoms with Crippen LogP contribution in [0.1, 0.15) is 42.0 Å². The molecule has 2 heterocycles. The van der Waals surface area contributed by atoms with Gasteiger partial charge in [0.05, 0.1) is 19.8 Å². The van der Waals surface area contributed by atoms with E-state index in [0.29, 0.717) is 6.04 Å². The molecule has 4 nitrogen and oxygen atoms in total. The minimum Gasteiger partial charge on any atom is -0.497 e. The molecular formula is C30H35FN2O2. The summed E-state index contributed by atoms with van der Waals surface area (Å²) in [5.41, 5.74) is 4.94. The third kappa shape index (κ3) is 5.46. The molecule has 0 spiro atoms. The van der Waals surface area contributed by atoms with Crippen LogP contribution in [0.25, 0.3) is 0 Å². The molecule has 184 valence electrons. The molecular weight excluding hydrogens is 439 g/mol. The number of methoxy groups -OCH3 is 1. The Morgan fingerprint density at radius 1 is 0.943 bits per heavy atom. The SMILES string of the molecule is COc1ccc2c(c1)CCN(c1ccc(F)cc1)C2Cc1ccc(OCCC2CCCN2C)cc1. The van der Waals surface area contributed by atoms with E-state index in [1.165, 1.54) is 36.1 Å². The number of hydrogen-bond donors (Lipinski definition) is 0. The third-order valence-corrected chi connectivity index (χ3v) is 7.61. The molecule has 5 rings (SSSR count). The quantitative estimate of drug-likeness (QED) is 0.397. The molecule has 0 N–H and O–H groups in total. The fourth-order valence-electron chi connectivity index (χ4n) is 5.58. The van der Waals surface area contributed by atoms with Gasteiger partial charge in [-0.3, -0.25) is 0 Å². The summed E-state index contributed by atoms with van der Waals surface area (Å²) >= 11 is 0. The summed E-state index contributed by atoms with van der Waals surface area (Å²) in [7, 11) is 3.92. The van der Waals surface area contributed by atoms with Crippen LogP contribution in [-0.4, -0.2) is 44.8 Å². The maximum atomic E-state index is 13.6. The van der Waals surface area contributed by atoms with Gasteiger partial charge in [-0.05, 0) is 111 Å². The Bertz CT molecular complexity index is 1120. The number of benzene rings is 3. The first-order valence-corrected chi connectivity index (χ1v) is 12.7. The highest BCUT2D eigenvalue weighted by atomic mass is 19.1. The first-order chi connectivity index (χ1) is 17.1. The minimum atomic E-state index is -0.206. The predicted octanol–water partition coefficient (Wildman–Crippen LogP) is 6.04. The molecule has 0 amide bonds. The van der Waals surface area contributed by atoms with Crippen LogP contribution < -0.4 is 14.4 Å². The van der Waals surface area contributed by atoms with Gasteiger partial charge in [0, 0.05) is 18.3 Å². The van der Waals surface area contributed by atoms with E-state index in [0.717, 1.165) is 49.6 Å². The van der Waals surface area contributed by atoms with Crippen molar-refractivity contribution >= 4 is 5.69 Å². The summed E-state index contributed by atoms with van der Waals surface area (Å²) in [4.78, 5) is 4.84. The number of rotatable bonds is 8. The number of halogens is 1. The molecule has 3 aromatic carbocycles. The summed E-state index contributed by atoms with van der Waals surface area (Å²) in [5.74, 6) is 1.62. The Kier molecular flexibility index (Phi) is 7.24. The van der Waals surface area contributed by atoms with Crippen LogP contribution in [-0.2, 0) is 12.8 Å². The molecule has 2 atom stereocenters. The van der Waals surface area contributed by atoms with Crippen LogP contribution in [0.15, 0.2) is 66.7 Å². The summed E-state index contributed by atoms with van der Waals surface area (Å²) in [5, 5.41) is 0. The van der Waals surface area contributed by atoms with E-state index in [9.17, 15) is 4.39 Å². The molecule has 0 bridgehead atoms. The van der Waals surface area contributed by atoms with Gasteiger partial charge in [-0.15, -0.1) is 0 Å². The minimum absolute atomic E-state index is 0.166. The van der Waals surface area contributed by atoms with Crippen LogP contribution in [0, 0.1) is 5.82 Å². The lowest BCUT2D eigenvalue weighted by Crippen LogP contribution is -2.36. The fourth-order valence-corrected chi connectivity index (χ4v) is 5.58. The van der Waals surface area contributed by atoms with Crippen LogP contribution >= 0.6 is 0 Å². The highest BCUT2D eigenvalue weighted by Crippen LogP contribution is 2.37. The second kappa shape index (κ2) is 10.7. The smallest absolute Gasteiger partial charge is 0.123 e. The first-order valence-electron chi connectivity index (χ1n) is 12.7. The van der Waals surface area contributed by atoms with Crippen LogP contribution in [0.2, 0.25) is 0 Å². The van der Waals surface area contributed by atoms with E-state index in [-0.39, 0.29) is 11.9 Å². The van der Waals surface area contributed by atoms with Gasteiger partial charge in [-0.1, -0.05) is 18.2 Å². The number of hydrogen-bond acceptors (Lipinski definition) is 4. The van der Waals surface area contributed by atoms with Gasteiger partial charge in [-0.2, -0.15) is 0 Å². The molecule has 2 aliphatic rings. The lowest BCUT2D eigenvalue weighted by atomic mass is 9.88. The van der Waals surface area contributed by atoms with Gasteiger partial charge in [0.2, 0.25) is 0 Å². The molecule has 0 aliphatic carbocycles. The van der Waals surface area contributed by atoms with Crippen molar-refractivity contribution in [2.75, 3.05) is 38.8 Å². The van der Waals surface area contributed by atoms with E-state index < -0.39 is 0 Å². The molecule has 3 aromatic rings. The average molecular weight is 475 g/mol. The van der Waals surface area contributed by atoms with E-state index in [1.54, 1.807) is 19.2 Å². The maximum absolute atomic E-state index is 13.6. The van der Waals surface area contributed by atoms with Crippen LogP contribution in [0.4, 0.5) is 10.1 Å². The number of fused-ring (bicyclic) bond motifs is 1. The average Bonchev–Trinajstić information content (AvgIpc) is 3.30. The Balaban J connectivity index is 1.31. The van der Waals surface area contributed by atoms with Crippen molar-refractivity contribution in [3.05, 3.63) is 89.2 Å². The van der Waals surface area contributed by atoms with Crippen LogP contribution in [0.5, 0.6) is 11.5 Å². The van der Waals surface area contributed by atoms with Gasteiger partial charge in [0.25, 0.3) is 0 Å². The van der Waals surface area contributed by atoms with E-state index in [4.69, 9.17) is 9.47 Å². The zero-order valence-electron chi connectivity index (χ0n) is 20.8. The number of nitrogens with zero attached hydrogens (tertiary/aromatic N) is 2. The van der Waals surface area contributed by atoms with Gasteiger partial charge >= 0.3 is 0 Å². The lowest BCUT2D eigenvalue weighted by Gasteiger charge is -2.39. The van der Waals surface area contributed by atoms with Gasteiger partial charge < -0.3 is 19.3 Å². The molecule has 0 aromatic heterocycles. The highest BCUT2D eigenvalue weighted by molar-refractivity contribution is 5.54. The summed E-state index contributed by atoms with van der Waals surface area (Å²) in [6.07, 6.45) is 5.44. The maximum Gasteiger partial charge on any atom is 0.123 e. The van der Waals surface area contributed by atoms with E-state index >= 15 is 0 Å². The molecule has 2 aliphatic heterocycles. The fraction of sp³-hybridized carbons (Fsp3) is 0.400. The van der Waals surface area contributed by atoms with Crippen molar-refractivity contribution in [1.82, 2.24) is 4.90 Å². The lowest BCUT2D eigenvalue weighted by molar-refractivity contribution is 0.233. The molecule has 1 fully saturated rings. The third-order valence-electron chi connectivity index (χ3n) is 7.61. The molecule has 2 unspecified atom stereocenters. The van der Waals surface area contributed by atoms with Crippen LogP contribution in [0.3, 0.4) is 0 Å². The Labute approximate surface area is 208 Å². The van der Waals surface area contributed by atoms with Crippen molar-refractivity contribution in [1.29, 1.82) is 0 Å². The Hall–Kier alpha value is -3.05.